The van der Waals surface area contributed by atoms with Crippen LogP contribution in [0.5, 0.6) is 0 Å². The lowest BCUT2D eigenvalue weighted by Gasteiger charge is -2.31. The van der Waals surface area contributed by atoms with Gasteiger partial charge in [-0.15, -0.1) is 0 Å². The van der Waals surface area contributed by atoms with Crippen LogP contribution in [-0.4, -0.2) is 56.2 Å². The molecule has 120 valence electrons. The van der Waals surface area contributed by atoms with E-state index in [1.54, 1.807) is 11.9 Å². The number of carbonyl (C=O) groups is 2. The number of carbonyl (C=O) groups excluding carboxylic acids is 2. The number of halogens is 1. The molecule has 0 aliphatic carbocycles. The number of amides is 3. The average Bonchev–Trinajstić information content (AvgIpc) is 2.54. The molecule has 0 aromatic heterocycles. The maximum Gasteiger partial charge on any atom is 0.317 e. The van der Waals surface area contributed by atoms with Gasteiger partial charge in [-0.05, 0) is 24.1 Å². The third kappa shape index (κ3) is 4.61. The Morgan fingerprint density at radius 2 is 2.27 bits per heavy atom. The number of rotatable bonds is 4. The number of morpholine rings is 1. The van der Waals surface area contributed by atoms with E-state index in [0.29, 0.717) is 31.1 Å². The number of ether oxygens (including phenoxy) is 1. The molecule has 1 fully saturated rings. The zero-order valence-corrected chi connectivity index (χ0v) is 13.2. The third-order valence-corrected chi connectivity index (χ3v) is 3.71. The predicted octanol–water partition coefficient (Wildman–Crippen LogP) is 1.04. The molecule has 1 atom stereocenters. The van der Waals surface area contributed by atoms with Gasteiger partial charge in [0.15, 0.2) is 6.10 Å². The molecule has 0 spiro atoms. The topological polar surface area (TPSA) is 70.7 Å². The van der Waals surface area contributed by atoms with Gasteiger partial charge < -0.3 is 20.3 Å². The van der Waals surface area contributed by atoms with Crippen LogP contribution in [0.4, 0.5) is 4.79 Å². The highest BCUT2D eigenvalue weighted by Crippen LogP contribution is 2.11. The first-order chi connectivity index (χ1) is 10.6. The molecule has 0 saturated carbocycles. The monoisotopic (exact) mass is 325 g/mol. The second kappa shape index (κ2) is 8.00. The van der Waals surface area contributed by atoms with Crippen LogP contribution in [0.15, 0.2) is 24.3 Å². The van der Waals surface area contributed by atoms with Crippen molar-refractivity contribution >= 4 is 23.5 Å². The summed E-state index contributed by atoms with van der Waals surface area (Å²) in [4.78, 5) is 25.3. The first-order valence-electron chi connectivity index (χ1n) is 7.20. The number of hydrogen-bond acceptors (Lipinski definition) is 3. The zero-order chi connectivity index (χ0) is 15.9. The summed E-state index contributed by atoms with van der Waals surface area (Å²) in [6.07, 6.45) is 0.104. The summed E-state index contributed by atoms with van der Waals surface area (Å²) in [6.45, 7) is 1.63. The van der Waals surface area contributed by atoms with E-state index in [1.165, 1.54) is 0 Å². The van der Waals surface area contributed by atoms with Crippen molar-refractivity contribution in [3.05, 3.63) is 34.9 Å². The predicted molar refractivity (Wildman–Crippen MR) is 83.9 cm³/mol. The molecule has 1 aliphatic rings. The number of nitrogens with zero attached hydrogens (tertiary/aromatic N) is 1. The second-order valence-electron chi connectivity index (χ2n) is 5.03. The standard InChI is InChI=1S/C15H20ClN3O3/c1-17-14(20)13-10-19(7-8-22-13)15(21)18-6-5-11-3-2-4-12(16)9-11/h2-4,9,13H,5-8,10H2,1H3,(H,17,20)(H,18,21). The van der Waals surface area contributed by atoms with Crippen molar-refractivity contribution in [1.29, 1.82) is 0 Å². The summed E-state index contributed by atoms with van der Waals surface area (Å²) < 4.78 is 5.35. The lowest BCUT2D eigenvalue weighted by Crippen LogP contribution is -2.53. The fraction of sp³-hybridized carbons (Fsp3) is 0.467. The van der Waals surface area contributed by atoms with Crippen LogP contribution in [0.25, 0.3) is 0 Å². The van der Waals surface area contributed by atoms with Gasteiger partial charge in [-0.1, -0.05) is 23.7 Å². The molecule has 1 aromatic rings. The highest BCUT2D eigenvalue weighted by molar-refractivity contribution is 6.30. The summed E-state index contributed by atoms with van der Waals surface area (Å²) >= 11 is 5.92. The van der Waals surface area contributed by atoms with Gasteiger partial charge >= 0.3 is 6.03 Å². The number of likely N-dealkylation sites (N-methyl/N-ethyl adjacent to an activating group) is 1. The summed E-state index contributed by atoms with van der Waals surface area (Å²) in [6, 6.07) is 7.36. The second-order valence-corrected chi connectivity index (χ2v) is 5.47. The molecule has 0 bridgehead atoms. The lowest BCUT2D eigenvalue weighted by atomic mass is 10.1. The minimum Gasteiger partial charge on any atom is -0.365 e. The van der Waals surface area contributed by atoms with Gasteiger partial charge in [-0.2, -0.15) is 0 Å². The summed E-state index contributed by atoms with van der Waals surface area (Å²) in [5.74, 6) is -0.212. The van der Waals surface area contributed by atoms with Crippen LogP contribution < -0.4 is 10.6 Å². The normalized spacial score (nSPS) is 17.9. The van der Waals surface area contributed by atoms with Crippen molar-refractivity contribution in [2.24, 2.45) is 0 Å². The van der Waals surface area contributed by atoms with Gasteiger partial charge in [0.25, 0.3) is 5.91 Å². The first-order valence-corrected chi connectivity index (χ1v) is 7.58. The fourth-order valence-electron chi connectivity index (χ4n) is 2.27. The minimum atomic E-state index is -0.600. The van der Waals surface area contributed by atoms with Crippen LogP contribution in [-0.2, 0) is 16.0 Å². The van der Waals surface area contributed by atoms with E-state index in [1.807, 2.05) is 24.3 Å². The van der Waals surface area contributed by atoms with Crippen LogP contribution in [0.2, 0.25) is 5.02 Å². The molecule has 7 heteroatoms. The fourth-order valence-corrected chi connectivity index (χ4v) is 2.48. The molecule has 1 heterocycles. The Bertz CT molecular complexity index is 539. The Hall–Kier alpha value is -1.79. The van der Waals surface area contributed by atoms with Crippen molar-refractivity contribution in [1.82, 2.24) is 15.5 Å². The van der Waals surface area contributed by atoms with Crippen LogP contribution in [0, 0.1) is 0 Å². The van der Waals surface area contributed by atoms with Gasteiger partial charge in [0, 0.05) is 25.2 Å². The zero-order valence-electron chi connectivity index (χ0n) is 12.5. The number of urea groups is 1. The minimum absolute atomic E-state index is 0.181. The molecule has 22 heavy (non-hydrogen) atoms. The van der Waals surface area contributed by atoms with Gasteiger partial charge in [-0.25, -0.2) is 4.79 Å². The van der Waals surface area contributed by atoms with E-state index in [2.05, 4.69) is 10.6 Å². The summed E-state index contributed by atoms with van der Waals surface area (Å²) in [5, 5.41) is 6.07. The van der Waals surface area contributed by atoms with E-state index >= 15 is 0 Å². The Kier molecular flexibility index (Phi) is 6.03. The molecule has 1 aromatic carbocycles. The van der Waals surface area contributed by atoms with Crippen molar-refractivity contribution in [2.75, 3.05) is 33.3 Å². The van der Waals surface area contributed by atoms with Crippen LogP contribution in [0.1, 0.15) is 5.56 Å². The van der Waals surface area contributed by atoms with Gasteiger partial charge in [0.05, 0.1) is 13.2 Å². The Morgan fingerprint density at radius 3 is 3.00 bits per heavy atom. The Balaban J connectivity index is 1.78. The molecule has 1 unspecified atom stereocenters. The first kappa shape index (κ1) is 16.6. The highest BCUT2D eigenvalue weighted by atomic mass is 35.5. The number of benzene rings is 1. The molecule has 1 aliphatic heterocycles. The molecular weight excluding hydrogens is 306 g/mol. The molecule has 1 saturated heterocycles. The highest BCUT2D eigenvalue weighted by Gasteiger charge is 2.28. The quantitative estimate of drug-likeness (QED) is 0.869. The van der Waals surface area contributed by atoms with Gasteiger partial charge in [0.1, 0.15) is 0 Å². The Morgan fingerprint density at radius 1 is 1.45 bits per heavy atom. The lowest BCUT2D eigenvalue weighted by molar-refractivity contribution is -0.136. The molecule has 2 N–H and O–H groups in total. The van der Waals surface area contributed by atoms with E-state index in [4.69, 9.17) is 16.3 Å². The molecule has 6 nitrogen and oxygen atoms in total. The maximum atomic E-state index is 12.1. The summed E-state index contributed by atoms with van der Waals surface area (Å²) in [7, 11) is 1.55. The average molecular weight is 326 g/mol. The molecule has 0 radical (unpaired) electrons. The van der Waals surface area contributed by atoms with E-state index in [9.17, 15) is 9.59 Å². The molecule has 2 rings (SSSR count). The van der Waals surface area contributed by atoms with E-state index < -0.39 is 6.10 Å². The van der Waals surface area contributed by atoms with Gasteiger partial charge in [0.2, 0.25) is 0 Å². The third-order valence-electron chi connectivity index (χ3n) is 3.47. The molecule has 3 amide bonds. The molecular formula is C15H20ClN3O3. The number of nitrogens with one attached hydrogen (secondary N) is 2. The van der Waals surface area contributed by atoms with Gasteiger partial charge in [-0.3, -0.25) is 4.79 Å². The number of hydrogen-bond donors (Lipinski definition) is 2. The van der Waals surface area contributed by atoms with Crippen molar-refractivity contribution in [3.8, 4) is 0 Å². The smallest absolute Gasteiger partial charge is 0.317 e. The maximum absolute atomic E-state index is 12.1. The van der Waals surface area contributed by atoms with Crippen LogP contribution >= 0.6 is 11.6 Å². The van der Waals surface area contributed by atoms with Crippen molar-refractivity contribution in [2.45, 2.75) is 12.5 Å². The van der Waals surface area contributed by atoms with Crippen molar-refractivity contribution < 1.29 is 14.3 Å². The largest absolute Gasteiger partial charge is 0.365 e. The van der Waals surface area contributed by atoms with E-state index in [0.717, 1.165) is 5.56 Å². The van der Waals surface area contributed by atoms with Crippen molar-refractivity contribution in [3.63, 3.8) is 0 Å². The van der Waals surface area contributed by atoms with E-state index in [-0.39, 0.29) is 18.5 Å². The summed E-state index contributed by atoms with van der Waals surface area (Å²) in [5.41, 5.74) is 1.07. The Labute approximate surface area is 134 Å². The SMILES string of the molecule is CNC(=O)C1CN(C(=O)NCCc2cccc(Cl)c2)CCO1. The van der Waals surface area contributed by atoms with Crippen LogP contribution in [0.3, 0.4) is 0 Å².